The van der Waals surface area contributed by atoms with E-state index in [-0.39, 0.29) is 31.1 Å². The van der Waals surface area contributed by atoms with E-state index in [4.69, 9.17) is 14.2 Å². The van der Waals surface area contributed by atoms with Crippen LogP contribution in [0.25, 0.3) is 0 Å². The van der Waals surface area contributed by atoms with E-state index < -0.39 is 6.10 Å². The molecule has 0 aromatic carbocycles. The second kappa shape index (κ2) is 51.5. The Labute approximate surface area is 389 Å². The number of ether oxygens (including phenoxy) is 3. The van der Waals surface area contributed by atoms with Crippen molar-refractivity contribution in [2.75, 3.05) is 13.2 Å². The smallest absolute Gasteiger partial charge is 0.306 e. The Morgan fingerprint density at radius 1 is 0.333 bits per heavy atom. The summed E-state index contributed by atoms with van der Waals surface area (Å²) >= 11 is 0. The molecule has 0 bridgehead atoms. The first-order valence-corrected chi connectivity index (χ1v) is 26.5. The number of esters is 3. The number of carbonyl (C=O) groups is 3. The van der Waals surface area contributed by atoms with Crippen LogP contribution >= 0.6 is 0 Å². The number of carbonyl (C=O) groups excluding carboxylic acids is 3. The van der Waals surface area contributed by atoms with E-state index >= 15 is 0 Å². The molecule has 6 heteroatoms. The maximum atomic E-state index is 12.8. The first kappa shape index (κ1) is 59.9. The van der Waals surface area contributed by atoms with Gasteiger partial charge in [-0.05, 0) is 38.5 Å². The predicted molar refractivity (Wildman–Crippen MR) is 270 cm³/mol. The summed E-state index contributed by atoms with van der Waals surface area (Å²) in [6, 6.07) is 0. The average Bonchev–Trinajstić information content (AvgIpc) is 3.28. The number of unbranched alkanes of at least 4 members (excludes halogenated alkanes) is 29. The summed E-state index contributed by atoms with van der Waals surface area (Å²) in [5, 5.41) is 0. The molecule has 0 aromatic heterocycles. The molecule has 362 valence electrons. The quantitative estimate of drug-likeness (QED) is 0.0262. The van der Waals surface area contributed by atoms with Gasteiger partial charge in [0.15, 0.2) is 6.10 Å². The van der Waals surface area contributed by atoms with Crippen LogP contribution in [-0.4, -0.2) is 37.2 Å². The van der Waals surface area contributed by atoms with Crippen molar-refractivity contribution in [3.63, 3.8) is 0 Å². The lowest BCUT2D eigenvalue weighted by atomic mass is 10.0. The lowest BCUT2D eigenvalue weighted by Gasteiger charge is -2.18. The van der Waals surface area contributed by atoms with Gasteiger partial charge >= 0.3 is 17.9 Å². The molecule has 0 fully saturated rings. The van der Waals surface area contributed by atoms with Gasteiger partial charge in [0.25, 0.3) is 0 Å². The molecule has 0 amide bonds. The monoisotopic (exact) mass is 879 g/mol. The summed E-state index contributed by atoms with van der Waals surface area (Å²) < 4.78 is 16.8. The summed E-state index contributed by atoms with van der Waals surface area (Å²) in [4.78, 5) is 38.0. The molecule has 0 heterocycles. The minimum absolute atomic E-state index is 0.0866. The summed E-state index contributed by atoms with van der Waals surface area (Å²) in [7, 11) is 0. The van der Waals surface area contributed by atoms with E-state index in [1.807, 2.05) is 60.8 Å². The molecular formula is C57H98O6. The highest BCUT2D eigenvalue weighted by atomic mass is 16.6. The molecule has 0 radical (unpaired) electrons. The van der Waals surface area contributed by atoms with Crippen molar-refractivity contribution in [2.45, 2.75) is 258 Å². The van der Waals surface area contributed by atoms with Gasteiger partial charge in [0.05, 0.1) is 0 Å². The SMILES string of the molecule is CC\C=C/C=C\C=C/C=C\C=C\C=C/CCCCCC(=O)OCC(COC(=O)CCCCCCCCCCCCCCCC)OC(=O)CCCCCCCCCCCCCCCC. The highest BCUT2D eigenvalue weighted by molar-refractivity contribution is 5.71. The first-order chi connectivity index (χ1) is 31.0. The molecule has 0 aromatic rings. The molecule has 63 heavy (non-hydrogen) atoms. The Bertz CT molecular complexity index is 1190. The van der Waals surface area contributed by atoms with Crippen LogP contribution in [0.5, 0.6) is 0 Å². The van der Waals surface area contributed by atoms with Crippen molar-refractivity contribution in [3.8, 4) is 0 Å². The summed E-state index contributed by atoms with van der Waals surface area (Å²) in [6.07, 6.45) is 64.5. The molecule has 1 unspecified atom stereocenters. The van der Waals surface area contributed by atoms with Crippen LogP contribution in [0.3, 0.4) is 0 Å². The number of hydrogen-bond acceptors (Lipinski definition) is 6. The fourth-order valence-electron chi connectivity index (χ4n) is 7.42. The average molecular weight is 879 g/mol. The zero-order chi connectivity index (χ0) is 45.8. The van der Waals surface area contributed by atoms with E-state index in [0.29, 0.717) is 19.3 Å². The van der Waals surface area contributed by atoms with Crippen molar-refractivity contribution in [1.82, 2.24) is 0 Å². The first-order valence-electron chi connectivity index (χ1n) is 26.5. The molecule has 0 N–H and O–H groups in total. The number of rotatable bonds is 47. The lowest BCUT2D eigenvalue weighted by molar-refractivity contribution is -0.167. The molecular weight excluding hydrogens is 781 g/mol. The minimum Gasteiger partial charge on any atom is -0.462 e. The van der Waals surface area contributed by atoms with Crippen LogP contribution in [0, 0.1) is 0 Å². The zero-order valence-corrected chi connectivity index (χ0v) is 41.3. The Balaban J connectivity index is 4.45. The van der Waals surface area contributed by atoms with Crippen LogP contribution in [0.1, 0.15) is 252 Å². The molecule has 1 atom stereocenters. The molecule has 0 saturated carbocycles. The Morgan fingerprint density at radius 3 is 0.968 bits per heavy atom. The third kappa shape index (κ3) is 49.7. The number of allylic oxidation sites excluding steroid dienone is 12. The third-order valence-corrected chi connectivity index (χ3v) is 11.4. The van der Waals surface area contributed by atoms with Crippen molar-refractivity contribution in [3.05, 3.63) is 72.9 Å². The van der Waals surface area contributed by atoms with Gasteiger partial charge in [-0.2, -0.15) is 0 Å². The lowest BCUT2D eigenvalue weighted by Crippen LogP contribution is -2.30. The van der Waals surface area contributed by atoms with Gasteiger partial charge in [-0.15, -0.1) is 0 Å². The maximum absolute atomic E-state index is 12.8. The molecule has 0 saturated heterocycles. The van der Waals surface area contributed by atoms with E-state index in [9.17, 15) is 14.4 Å². The summed E-state index contributed by atoms with van der Waals surface area (Å²) in [6.45, 7) is 6.47. The summed E-state index contributed by atoms with van der Waals surface area (Å²) in [5.41, 5.74) is 0. The third-order valence-electron chi connectivity index (χ3n) is 11.4. The second-order valence-electron chi connectivity index (χ2n) is 17.6. The van der Waals surface area contributed by atoms with Gasteiger partial charge in [-0.3, -0.25) is 14.4 Å². The second-order valence-corrected chi connectivity index (χ2v) is 17.6. The van der Waals surface area contributed by atoms with Gasteiger partial charge < -0.3 is 14.2 Å². The Morgan fingerprint density at radius 2 is 0.619 bits per heavy atom. The number of hydrogen-bond donors (Lipinski definition) is 0. The van der Waals surface area contributed by atoms with E-state index in [1.165, 1.54) is 141 Å². The molecule has 6 nitrogen and oxygen atoms in total. The van der Waals surface area contributed by atoms with Crippen molar-refractivity contribution in [2.24, 2.45) is 0 Å². The van der Waals surface area contributed by atoms with Crippen LogP contribution < -0.4 is 0 Å². The van der Waals surface area contributed by atoms with Crippen LogP contribution in [0.2, 0.25) is 0 Å². The van der Waals surface area contributed by atoms with Gasteiger partial charge in [-0.1, -0.05) is 267 Å². The molecule has 0 aliphatic rings. The van der Waals surface area contributed by atoms with Gasteiger partial charge in [-0.25, -0.2) is 0 Å². The normalized spacial score (nSPS) is 12.6. The molecule has 0 rings (SSSR count). The predicted octanol–water partition coefficient (Wildman–Crippen LogP) is 17.4. The Kier molecular flexibility index (Phi) is 48.9. The maximum Gasteiger partial charge on any atom is 0.306 e. The van der Waals surface area contributed by atoms with Gasteiger partial charge in [0, 0.05) is 19.3 Å². The van der Waals surface area contributed by atoms with Crippen molar-refractivity contribution in [1.29, 1.82) is 0 Å². The molecule has 0 aliphatic heterocycles. The van der Waals surface area contributed by atoms with E-state index in [0.717, 1.165) is 70.6 Å². The van der Waals surface area contributed by atoms with Crippen LogP contribution in [0.15, 0.2) is 72.9 Å². The van der Waals surface area contributed by atoms with Crippen LogP contribution in [0.4, 0.5) is 0 Å². The van der Waals surface area contributed by atoms with Crippen molar-refractivity contribution < 1.29 is 28.6 Å². The topological polar surface area (TPSA) is 78.9 Å². The van der Waals surface area contributed by atoms with Gasteiger partial charge in [0.2, 0.25) is 0 Å². The van der Waals surface area contributed by atoms with E-state index in [1.54, 1.807) is 0 Å². The fourth-order valence-corrected chi connectivity index (χ4v) is 7.42. The fraction of sp³-hybridized carbons (Fsp3) is 0.737. The van der Waals surface area contributed by atoms with Gasteiger partial charge in [0.1, 0.15) is 13.2 Å². The van der Waals surface area contributed by atoms with Crippen LogP contribution in [-0.2, 0) is 28.6 Å². The summed E-state index contributed by atoms with van der Waals surface area (Å²) in [5.74, 6) is -0.924. The minimum atomic E-state index is -0.790. The Hall–Kier alpha value is -3.15. The largest absolute Gasteiger partial charge is 0.462 e. The molecule has 0 aliphatic carbocycles. The van der Waals surface area contributed by atoms with E-state index in [2.05, 4.69) is 32.9 Å². The zero-order valence-electron chi connectivity index (χ0n) is 41.3. The molecule has 0 spiro atoms. The highest BCUT2D eigenvalue weighted by Crippen LogP contribution is 2.16. The highest BCUT2D eigenvalue weighted by Gasteiger charge is 2.19. The van der Waals surface area contributed by atoms with Crippen molar-refractivity contribution >= 4 is 17.9 Å². The standard InChI is InChI=1S/C57H98O6/c1-4-7-10-13-16-19-22-25-28-29-30-33-35-38-41-44-47-50-56(59)62-53-54(63-57(60)51-48-45-42-39-36-32-27-24-21-18-15-12-9-6-3)52-61-55(58)49-46-43-40-37-34-31-26-23-20-17-14-11-8-5-2/h7,10,13,16,19,22,25,28-30,33,35,54H,4-6,8-9,11-12,14-15,17-18,20-21,23-24,26-27,31-32,34,36-53H2,1-3H3/b10-7-,16-13-,22-19-,28-25-,30-29+,35-33-.